The first-order chi connectivity index (χ1) is 6.05. The Morgan fingerprint density at radius 1 is 1.12 bits per heavy atom. The molecule has 16 heavy (non-hydrogen) atoms. The Kier molecular flexibility index (Phi) is 13.6. The van der Waals surface area contributed by atoms with E-state index in [2.05, 4.69) is 0 Å². The number of carbonyl (C=O) groups excluding carboxylic acids is 1. The summed E-state index contributed by atoms with van der Waals surface area (Å²) < 4.78 is 21.3. The minimum absolute atomic E-state index is 0. The Labute approximate surface area is 141 Å². The van der Waals surface area contributed by atoms with Gasteiger partial charge >= 0.3 is 74.3 Å². The van der Waals surface area contributed by atoms with Crippen molar-refractivity contribution >= 4 is 91.2 Å². The van der Waals surface area contributed by atoms with Crippen LogP contribution < -0.4 is 0 Å². The molecule has 0 amide bonds. The fourth-order valence-corrected chi connectivity index (χ4v) is 4.53. The normalized spacial score (nSPS) is 11.6. The van der Waals surface area contributed by atoms with Crippen molar-refractivity contribution in [3.8, 4) is 0 Å². The van der Waals surface area contributed by atoms with Crippen LogP contribution in [0.15, 0.2) is 0 Å². The van der Waals surface area contributed by atoms with Crippen LogP contribution in [0.4, 0.5) is 0 Å². The van der Waals surface area contributed by atoms with Gasteiger partial charge in [0, 0.05) is 12.7 Å². The monoisotopic (exact) mass is 312 g/mol. The van der Waals surface area contributed by atoms with E-state index in [9.17, 15) is 13.9 Å². The Balaban J connectivity index is -0.000000845. The average Bonchev–Trinajstić information content (AvgIpc) is 1.78. The number of hydrogen-bond donors (Lipinski definition) is 4. The summed E-state index contributed by atoms with van der Waals surface area (Å²) in [5.41, 5.74) is 0. The first kappa shape index (κ1) is 23.4. The van der Waals surface area contributed by atoms with E-state index in [1.165, 1.54) is 0 Å². The summed E-state index contributed by atoms with van der Waals surface area (Å²) in [4.78, 5) is 44.9. The summed E-state index contributed by atoms with van der Waals surface area (Å²) in [6.45, 7) is 1.14. The van der Waals surface area contributed by atoms with Gasteiger partial charge in [0.15, 0.2) is 10.5 Å². The zero-order chi connectivity index (χ0) is 11.6. The van der Waals surface area contributed by atoms with E-state index in [0.717, 1.165) is 6.92 Å². The number of carbonyl (C=O) groups is 1. The summed E-state index contributed by atoms with van der Waals surface area (Å²) in [7, 11) is -9.78. The van der Waals surface area contributed by atoms with Crippen LogP contribution in [0.1, 0.15) is 6.92 Å². The topological polar surface area (TPSA) is 132 Å². The van der Waals surface area contributed by atoms with Gasteiger partial charge in [-0.2, -0.15) is 0 Å². The van der Waals surface area contributed by atoms with Gasteiger partial charge < -0.3 is 19.6 Å². The van der Waals surface area contributed by atoms with Crippen molar-refractivity contribution in [3.05, 3.63) is 0 Å². The Bertz CT molecular complexity index is 290. The SMILES string of the molecule is CC(=O)SCC(P(=O)(O)O)P(=O)(O)O.[NaH].[NaH]. The second kappa shape index (κ2) is 9.26. The molecule has 0 bridgehead atoms. The Hall–Kier alpha value is 2.32. The molecule has 4 N–H and O–H groups in total. The van der Waals surface area contributed by atoms with Gasteiger partial charge in [0.25, 0.3) is 0 Å². The fourth-order valence-electron chi connectivity index (χ4n) is 0.582. The van der Waals surface area contributed by atoms with Crippen LogP contribution in [-0.4, -0.2) is 95.0 Å². The molecule has 0 aromatic rings. The van der Waals surface area contributed by atoms with Crippen LogP contribution in [0.25, 0.3) is 0 Å². The molecular weight excluding hydrogens is 300 g/mol. The zero-order valence-electron chi connectivity index (χ0n) is 7.10. The van der Waals surface area contributed by atoms with Crippen molar-refractivity contribution in [1.29, 1.82) is 0 Å². The molecule has 88 valence electrons. The van der Waals surface area contributed by atoms with Gasteiger partial charge in [-0.05, 0) is 0 Å². The first-order valence-corrected chi connectivity index (χ1v) is 7.64. The average molecular weight is 312 g/mol. The van der Waals surface area contributed by atoms with E-state index in [0.29, 0.717) is 11.8 Å². The second-order valence-electron chi connectivity index (χ2n) is 2.46. The van der Waals surface area contributed by atoms with Crippen LogP contribution >= 0.6 is 27.0 Å². The van der Waals surface area contributed by atoms with Crippen molar-refractivity contribution in [1.82, 2.24) is 0 Å². The van der Waals surface area contributed by atoms with E-state index in [-0.39, 0.29) is 59.1 Å². The molecule has 0 saturated heterocycles. The molecule has 0 spiro atoms. The summed E-state index contributed by atoms with van der Waals surface area (Å²) >= 11 is 0.470. The minimum atomic E-state index is -4.89. The summed E-state index contributed by atoms with van der Waals surface area (Å²) in [6, 6.07) is 0. The third-order valence-electron chi connectivity index (χ3n) is 1.21. The number of rotatable bonds is 4. The summed E-state index contributed by atoms with van der Waals surface area (Å²) in [6.07, 6.45) is 0. The third-order valence-corrected chi connectivity index (χ3v) is 6.34. The van der Waals surface area contributed by atoms with Crippen LogP contribution in [0.3, 0.4) is 0 Å². The molecule has 12 heteroatoms. The molecule has 0 rings (SSSR count). The molecule has 0 atom stereocenters. The van der Waals surface area contributed by atoms with Crippen molar-refractivity contribution in [2.75, 3.05) is 5.75 Å². The molecule has 0 radical (unpaired) electrons. The van der Waals surface area contributed by atoms with Gasteiger partial charge in [0.1, 0.15) is 0 Å². The predicted molar refractivity (Wildman–Crippen MR) is 65.3 cm³/mol. The van der Waals surface area contributed by atoms with E-state index in [1.807, 2.05) is 0 Å². The van der Waals surface area contributed by atoms with Crippen molar-refractivity contribution < 1.29 is 33.5 Å². The standard InChI is InChI=1S/C4H10O7P2S.2Na.2H/c1-3(5)14-2-4(12(6,7)8)13(9,10)11;;;;/h4H,2H2,1H3,(H2,6,7,8)(H2,9,10,11);;;;. The molecule has 0 aromatic carbocycles. The summed E-state index contributed by atoms with van der Waals surface area (Å²) in [5, 5.41) is -2.57. The van der Waals surface area contributed by atoms with Crippen molar-refractivity contribution in [2.24, 2.45) is 0 Å². The molecule has 0 heterocycles. The second-order valence-corrected chi connectivity index (χ2v) is 7.67. The molecular formula is C4H12Na2O7P2S. The van der Waals surface area contributed by atoms with Gasteiger partial charge in [-0.1, -0.05) is 11.8 Å². The molecule has 0 aliphatic rings. The molecule has 0 aliphatic carbocycles. The van der Waals surface area contributed by atoms with E-state index in [4.69, 9.17) is 19.6 Å². The van der Waals surface area contributed by atoms with Crippen molar-refractivity contribution in [2.45, 2.75) is 12.3 Å². The first-order valence-electron chi connectivity index (χ1n) is 3.29. The van der Waals surface area contributed by atoms with Gasteiger partial charge in [0.05, 0.1) is 0 Å². The number of hydrogen-bond acceptors (Lipinski definition) is 4. The molecule has 0 aliphatic heterocycles. The molecule has 0 fully saturated rings. The maximum atomic E-state index is 10.7. The van der Waals surface area contributed by atoms with Crippen LogP contribution in [-0.2, 0) is 13.9 Å². The van der Waals surface area contributed by atoms with Gasteiger partial charge in [0.2, 0.25) is 0 Å². The van der Waals surface area contributed by atoms with Crippen LogP contribution in [0.5, 0.6) is 0 Å². The molecule has 0 aromatic heterocycles. The molecule has 0 saturated carbocycles. The van der Waals surface area contributed by atoms with Crippen LogP contribution in [0, 0.1) is 0 Å². The predicted octanol–water partition coefficient (Wildman–Crippen LogP) is -1.35. The van der Waals surface area contributed by atoms with Gasteiger partial charge in [-0.3, -0.25) is 13.9 Å². The quantitative estimate of drug-likeness (QED) is 0.370. The molecule has 0 unspecified atom stereocenters. The van der Waals surface area contributed by atoms with Crippen LogP contribution in [0.2, 0.25) is 0 Å². The summed E-state index contributed by atoms with van der Waals surface area (Å²) in [5.74, 6) is -0.593. The van der Waals surface area contributed by atoms with Gasteiger partial charge in [-0.25, -0.2) is 0 Å². The third kappa shape index (κ3) is 10.3. The molecule has 7 nitrogen and oxygen atoms in total. The van der Waals surface area contributed by atoms with E-state index in [1.54, 1.807) is 0 Å². The maximum absolute atomic E-state index is 10.7. The van der Waals surface area contributed by atoms with E-state index >= 15 is 0 Å². The fraction of sp³-hybridized carbons (Fsp3) is 0.750. The van der Waals surface area contributed by atoms with E-state index < -0.39 is 31.5 Å². The Morgan fingerprint density at radius 3 is 1.62 bits per heavy atom. The van der Waals surface area contributed by atoms with Crippen molar-refractivity contribution in [3.63, 3.8) is 0 Å². The zero-order valence-corrected chi connectivity index (χ0v) is 9.71. The number of thioether (sulfide) groups is 1. The Morgan fingerprint density at radius 2 is 1.44 bits per heavy atom. The van der Waals surface area contributed by atoms with Gasteiger partial charge in [-0.15, -0.1) is 0 Å².